The van der Waals surface area contributed by atoms with Crippen LogP contribution in [-0.2, 0) is 0 Å². The summed E-state index contributed by atoms with van der Waals surface area (Å²) in [5, 5.41) is 22.0. The van der Waals surface area contributed by atoms with Crippen molar-refractivity contribution in [3.8, 4) is 0 Å². The van der Waals surface area contributed by atoms with Gasteiger partial charge in [0.25, 0.3) is 0 Å². The molecule has 0 aliphatic carbocycles. The molecule has 3 heteroatoms. The van der Waals surface area contributed by atoms with E-state index in [4.69, 9.17) is 0 Å². The van der Waals surface area contributed by atoms with E-state index in [1.807, 2.05) is 24.3 Å². The lowest BCUT2D eigenvalue weighted by molar-refractivity contribution is 0.235. The Morgan fingerprint density at radius 2 is 2.00 bits per heavy atom. The highest BCUT2D eigenvalue weighted by Crippen LogP contribution is 2.30. The van der Waals surface area contributed by atoms with Crippen LogP contribution < -0.4 is 5.32 Å². The molecular weight excluding hydrogens is 166 g/mol. The number of anilines is 1. The third-order valence-electron chi connectivity index (χ3n) is 2.26. The van der Waals surface area contributed by atoms with Crippen LogP contribution in [0.5, 0.6) is 0 Å². The molecule has 68 valence electrons. The molecule has 0 bridgehead atoms. The van der Waals surface area contributed by atoms with E-state index in [9.17, 15) is 10.2 Å². The van der Waals surface area contributed by atoms with Crippen molar-refractivity contribution in [1.82, 2.24) is 0 Å². The van der Waals surface area contributed by atoms with Gasteiger partial charge in [0.1, 0.15) is 12.0 Å². The van der Waals surface area contributed by atoms with Crippen molar-refractivity contribution in [2.75, 3.05) is 5.32 Å². The molecule has 1 aliphatic heterocycles. The molecule has 1 aliphatic rings. The summed E-state index contributed by atoms with van der Waals surface area (Å²) in [4.78, 5) is 0. The van der Waals surface area contributed by atoms with E-state index in [1.165, 1.54) is 0 Å². The van der Waals surface area contributed by atoms with Gasteiger partial charge in [-0.25, -0.2) is 0 Å². The zero-order valence-corrected chi connectivity index (χ0v) is 7.28. The van der Waals surface area contributed by atoms with Crippen molar-refractivity contribution < 1.29 is 10.2 Å². The third kappa shape index (κ3) is 1.17. The van der Waals surface area contributed by atoms with Gasteiger partial charge in [-0.05, 0) is 19.1 Å². The molecule has 0 saturated heterocycles. The number of benzene rings is 1. The Bertz CT molecular complexity index is 371. The lowest BCUT2D eigenvalue weighted by Gasteiger charge is -2.24. The van der Waals surface area contributed by atoms with E-state index in [1.54, 1.807) is 6.92 Å². The Morgan fingerprint density at radius 3 is 2.77 bits per heavy atom. The van der Waals surface area contributed by atoms with Crippen molar-refractivity contribution >= 4 is 11.4 Å². The summed E-state index contributed by atoms with van der Waals surface area (Å²) in [6.45, 7) is 1.70. The zero-order chi connectivity index (χ0) is 9.42. The number of fused-ring (bicyclic) bond motifs is 1. The van der Waals surface area contributed by atoms with Crippen LogP contribution in [0.4, 0.5) is 5.69 Å². The molecule has 3 N–H and O–H groups in total. The Hall–Kier alpha value is -1.48. The standard InChI is InChI=1S/C10H11NO2/c1-6-9(12)7-4-2-3-5-8(7)11-10(6)13/h2-5,10-13H,1H3. The minimum atomic E-state index is -0.783. The molecule has 3 nitrogen and oxygen atoms in total. The summed E-state index contributed by atoms with van der Waals surface area (Å²) in [5.74, 6) is 0.168. The number of aliphatic hydroxyl groups is 2. The predicted molar refractivity (Wildman–Crippen MR) is 51.3 cm³/mol. The van der Waals surface area contributed by atoms with Gasteiger partial charge in [0.15, 0.2) is 0 Å². The molecule has 1 unspecified atom stereocenters. The maximum Gasteiger partial charge on any atom is 0.150 e. The number of para-hydroxylation sites is 1. The van der Waals surface area contributed by atoms with Gasteiger partial charge in [-0.15, -0.1) is 0 Å². The van der Waals surface area contributed by atoms with Crippen LogP contribution in [0.1, 0.15) is 12.5 Å². The highest BCUT2D eigenvalue weighted by Gasteiger charge is 2.20. The Labute approximate surface area is 76.3 Å². The molecule has 1 heterocycles. The Morgan fingerprint density at radius 1 is 1.31 bits per heavy atom. The highest BCUT2D eigenvalue weighted by molar-refractivity contribution is 5.77. The van der Waals surface area contributed by atoms with Crippen LogP contribution in [0.3, 0.4) is 0 Å². The maximum atomic E-state index is 9.68. The van der Waals surface area contributed by atoms with Gasteiger partial charge in [-0.3, -0.25) is 0 Å². The summed E-state index contributed by atoms with van der Waals surface area (Å²) >= 11 is 0. The summed E-state index contributed by atoms with van der Waals surface area (Å²) < 4.78 is 0. The summed E-state index contributed by atoms with van der Waals surface area (Å²) in [6, 6.07) is 7.34. The van der Waals surface area contributed by atoms with Gasteiger partial charge in [0, 0.05) is 16.8 Å². The minimum Gasteiger partial charge on any atom is -0.507 e. The van der Waals surface area contributed by atoms with Gasteiger partial charge in [-0.2, -0.15) is 0 Å². The summed E-state index contributed by atoms with van der Waals surface area (Å²) in [5.41, 5.74) is 2.06. The quantitative estimate of drug-likeness (QED) is 0.565. The van der Waals surface area contributed by atoms with E-state index in [0.717, 1.165) is 11.3 Å². The fourth-order valence-corrected chi connectivity index (χ4v) is 1.41. The Balaban J connectivity index is 2.59. The van der Waals surface area contributed by atoms with Crippen molar-refractivity contribution in [3.05, 3.63) is 35.4 Å². The van der Waals surface area contributed by atoms with Gasteiger partial charge in [-0.1, -0.05) is 12.1 Å². The van der Waals surface area contributed by atoms with Crippen LogP contribution in [0.15, 0.2) is 29.8 Å². The second-order valence-electron chi connectivity index (χ2n) is 3.12. The lowest BCUT2D eigenvalue weighted by Crippen LogP contribution is -2.25. The predicted octanol–water partition coefficient (Wildman–Crippen LogP) is 1.72. The third-order valence-corrected chi connectivity index (χ3v) is 2.26. The van der Waals surface area contributed by atoms with E-state index < -0.39 is 6.23 Å². The number of rotatable bonds is 0. The number of aliphatic hydroxyl groups excluding tert-OH is 2. The maximum absolute atomic E-state index is 9.68. The fraction of sp³-hybridized carbons (Fsp3) is 0.200. The van der Waals surface area contributed by atoms with Crippen molar-refractivity contribution in [1.29, 1.82) is 0 Å². The first-order valence-electron chi connectivity index (χ1n) is 4.14. The first-order valence-corrected chi connectivity index (χ1v) is 4.14. The number of nitrogens with one attached hydrogen (secondary N) is 1. The topological polar surface area (TPSA) is 52.5 Å². The molecule has 0 radical (unpaired) electrons. The molecule has 1 aromatic rings. The Kier molecular flexibility index (Phi) is 1.74. The molecule has 1 aromatic carbocycles. The molecule has 2 rings (SSSR count). The van der Waals surface area contributed by atoms with Crippen molar-refractivity contribution in [2.45, 2.75) is 13.2 Å². The number of hydrogen-bond acceptors (Lipinski definition) is 3. The van der Waals surface area contributed by atoms with E-state index in [-0.39, 0.29) is 5.76 Å². The first-order chi connectivity index (χ1) is 6.20. The fourth-order valence-electron chi connectivity index (χ4n) is 1.41. The molecular formula is C10H11NO2. The SMILES string of the molecule is CC1=C(O)c2ccccc2NC1O. The lowest BCUT2D eigenvalue weighted by atomic mass is 10.0. The minimum absolute atomic E-state index is 0.168. The van der Waals surface area contributed by atoms with Gasteiger partial charge < -0.3 is 15.5 Å². The largest absolute Gasteiger partial charge is 0.507 e. The zero-order valence-electron chi connectivity index (χ0n) is 7.28. The molecule has 0 saturated carbocycles. The van der Waals surface area contributed by atoms with E-state index in [0.29, 0.717) is 5.57 Å². The second kappa shape index (κ2) is 2.78. The van der Waals surface area contributed by atoms with Gasteiger partial charge in [0.05, 0.1) is 0 Å². The number of hydrogen-bond donors (Lipinski definition) is 3. The van der Waals surface area contributed by atoms with Crippen LogP contribution >= 0.6 is 0 Å². The average molecular weight is 177 g/mol. The van der Waals surface area contributed by atoms with Crippen LogP contribution in [0, 0.1) is 0 Å². The normalized spacial score (nSPS) is 20.9. The highest BCUT2D eigenvalue weighted by atomic mass is 16.3. The van der Waals surface area contributed by atoms with Crippen LogP contribution in [-0.4, -0.2) is 16.4 Å². The van der Waals surface area contributed by atoms with E-state index in [2.05, 4.69) is 5.32 Å². The summed E-state index contributed by atoms with van der Waals surface area (Å²) in [7, 11) is 0. The van der Waals surface area contributed by atoms with Crippen molar-refractivity contribution in [3.63, 3.8) is 0 Å². The molecule has 0 amide bonds. The molecule has 1 atom stereocenters. The van der Waals surface area contributed by atoms with Gasteiger partial charge >= 0.3 is 0 Å². The average Bonchev–Trinajstić information content (AvgIpc) is 2.15. The molecule has 13 heavy (non-hydrogen) atoms. The van der Waals surface area contributed by atoms with Crippen LogP contribution in [0.2, 0.25) is 0 Å². The molecule has 0 fully saturated rings. The van der Waals surface area contributed by atoms with Crippen LogP contribution in [0.25, 0.3) is 5.76 Å². The second-order valence-corrected chi connectivity index (χ2v) is 3.12. The monoisotopic (exact) mass is 177 g/mol. The molecule has 0 spiro atoms. The van der Waals surface area contributed by atoms with E-state index >= 15 is 0 Å². The van der Waals surface area contributed by atoms with Gasteiger partial charge in [0.2, 0.25) is 0 Å². The first kappa shape index (κ1) is 8.13. The smallest absolute Gasteiger partial charge is 0.150 e. The molecule has 0 aromatic heterocycles. The van der Waals surface area contributed by atoms with Crippen molar-refractivity contribution in [2.24, 2.45) is 0 Å². The summed E-state index contributed by atoms with van der Waals surface area (Å²) in [6.07, 6.45) is -0.783.